The molecule has 0 unspecified atom stereocenters. The Labute approximate surface area is 169 Å². The van der Waals surface area contributed by atoms with Gasteiger partial charge in [-0.25, -0.2) is 0 Å². The summed E-state index contributed by atoms with van der Waals surface area (Å²) in [5, 5.41) is 11.0. The summed E-state index contributed by atoms with van der Waals surface area (Å²) in [6.45, 7) is 1.99. The van der Waals surface area contributed by atoms with Gasteiger partial charge in [-0.1, -0.05) is 36.0 Å². The van der Waals surface area contributed by atoms with Crippen LogP contribution in [0, 0.1) is 12.3 Å². The number of carbonyl (C=O) groups is 1. The molecule has 0 aliphatic rings. The van der Waals surface area contributed by atoms with E-state index in [9.17, 15) is 4.79 Å². The number of allylic oxidation sites excluding steroid dienone is 1. The van der Waals surface area contributed by atoms with E-state index in [-0.39, 0.29) is 5.91 Å². The zero-order valence-corrected chi connectivity index (χ0v) is 16.6. The second-order valence-corrected chi connectivity index (χ2v) is 7.27. The molecule has 0 aliphatic carbocycles. The van der Waals surface area contributed by atoms with Gasteiger partial charge in [-0.2, -0.15) is 0 Å². The van der Waals surface area contributed by atoms with Gasteiger partial charge in [-0.05, 0) is 61.0 Å². The van der Waals surface area contributed by atoms with Gasteiger partial charge in [0, 0.05) is 28.6 Å². The third-order valence-electron chi connectivity index (χ3n) is 4.18. The highest BCUT2D eigenvalue weighted by Gasteiger charge is 2.11. The van der Waals surface area contributed by atoms with E-state index in [0.717, 1.165) is 26.6 Å². The van der Waals surface area contributed by atoms with Gasteiger partial charge in [0.25, 0.3) is 5.91 Å². The van der Waals surface area contributed by atoms with Gasteiger partial charge >= 0.3 is 0 Å². The Bertz CT molecular complexity index is 1030. The van der Waals surface area contributed by atoms with Gasteiger partial charge in [0.2, 0.25) is 0 Å². The lowest BCUT2D eigenvalue weighted by molar-refractivity contribution is 0.0960. The molecule has 1 aromatic heterocycles. The minimum Gasteiger partial charge on any atom is -0.355 e. The highest BCUT2D eigenvalue weighted by molar-refractivity contribution is 7.99. The van der Waals surface area contributed by atoms with E-state index in [2.05, 4.69) is 10.3 Å². The summed E-state index contributed by atoms with van der Waals surface area (Å²) in [5.41, 5.74) is 3.80. The molecule has 2 N–H and O–H groups in total. The molecule has 0 saturated heterocycles. The largest absolute Gasteiger partial charge is 0.355 e. The number of pyridine rings is 1. The van der Waals surface area contributed by atoms with Crippen LogP contribution >= 0.6 is 11.8 Å². The highest BCUT2D eigenvalue weighted by Crippen LogP contribution is 2.31. The Morgan fingerprint density at radius 1 is 1.07 bits per heavy atom. The van der Waals surface area contributed by atoms with Crippen molar-refractivity contribution in [1.29, 1.82) is 5.41 Å². The highest BCUT2D eigenvalue weighted by atomic mass is 32.2. The van der Waals surface area contributed by atoms with Gasteiger partial charge in [0.1, 0.15) is 0 Å². The predicted octanol–water partition coefficient (Wildman–Crippen LogP) is 4.98. The number of nitrogens with zero attached hydrogens (tertiary/aromatic N) is 1. The molecule has 5 heteroatoms. The van der Waals surface area contributed by atoms with Crippen LogP contribution in [0.1, 0.15) is 27.2 Å². The van der Waals surface area contributed by atoms with E-state index in [0.29, 0.717) is 11.3 Å². The Morgan fingerprint density at radius 3 is 2.57 bits per heavy atom. The lowest BCUT2D eigenvalue weighted by atomic mass is 10.0. The van der Waals surface area contributed by atoms with Gasteiger partial charge in [0.05, 0.1) is 17.0 Å². The molecule has 0 atom stereocenters. The summed E-state index contributed by atoms with van der Waals surface area (Å²) >= 11 is 1.54. The van der Waals surface area contributed by atoms with Crippen LogP contribution in [-0.2, 0) is 0 Å². The molecule has 1 heterocycles. The van der Waals surface area contributed by atoms with E-state index in [4.69, 9.17) is 5.41 Å². The molecule has 0 fully saturated rings. The van der Waals surface area contributed by atoms with Crippen molar-refractivity contribution in [2.24, 2.45) is 0 Å². The molecule has 3 aromatic rings. The molecule has 0 saturated carbocycles. The fourth-order valence-electron chi connectivity index (χ4n) is 2.74. The van der Waals surface area contributed by atoms with Crippen molar-refractivity contribution in [3.05, 3.63) is 95.3 Å². The lowest BCUT2D eigenvalue weighted by Crippen LogP contribution is -2.18. The third-order valence-corrected chi connectivity index (χ3v) is 5.25. The van der Waals surface area contributed by atoms with E-state index < -0.39 is 0 Å². The first-order valence-electron chi connectivity index (χ1n) is 8.86. The van der Waals surface area contributed by atoms with Gasteiger partial charge in [-0.15, -0.1) is 0 Å². The second kappa shape index (κ2) is 9.15. The summed E-state index contributed by atoms with van der Waals surface area (Å²) in [7, 11) is 1.63. The van der Waals surface area contributed by atoms with Gasteiger partial charge in [0.15, 0.2) is 0 Å². The van der Waals surface area contributed by atoms with Crippen molar-refractivity contribution in [3.63, 3.8) is 0 Å². The molecule has 0 bridgehead atoms. The van der Waals surface area contributed by atoms with E-state index in [1.165, 1.54) is 0 Å². The Hall–Kier alpha value is -3.18. The quantitative estimate of drug-likeness (QED) is 0.586. The predicted molar refractivity (Wildman–Crippen MR) is 115 cm³/mol. The zero-order valence-electron chi connectivity index (χ0n) is 15.8. The average Bonchev–Trinajstić information content (AvgIpc) is 2.73. The van der Waals surface area contributed by atoms with Crippen molar-refractivity contribution in [2.45, 2.75) is 16.7 Å². The minimum atomic E-state index is -0.0992. The van der Waals surface area contributed by atoms with Crippen molar-refractivity contribution >= 4 is 29.5 Å². The van der Waals surface area contributed by atoms with Crippen molar-refractivity contribution in [2.75, 3.05) is 7.05 Å². The number of nitrogens with one attached hydrogen (secondary N) is 2. The van der Waals surface area contributed by atoms with E-state index in [1.54, 1.807) is 31.1 Å². The third kappa shape index (κ3) is 4.75. The summed E-state index contributed by atoms with van der Waals surface area (Å²) < 4.78 is 0. The molecule has 0 aliphatic heterocycles. The Kier molecular flexibility index (Phi) is 6.40. The maximum atomic E-state index is 12.1. The van der Waals surface area contributed by atoms with Crippen LogP contribution in [0.5, 0.6) is 0 Å². The van der Waals surface area contributed by atoms with Crippen molar-refractivity contribution in [3.8, 4) is 0 Å². The Balaban J connectivity index is 1.79. The smallest absolute Gasteiger partial charge is 0.252 e. The number of hydrogen-bond acceptors (Lipinski definition) is 4. The topological polar surface area (TPSA) is 65.8 Å². The number of aromatic nitrogens is 1. The number of hydrogen-bond donors (Lipinski definition) is 2. The summed E-state index contributed by atoms with van der Waals surface area (Å²) in [5.74, 6) is -0.0992. The van der Waals surface area contributed by atoms with Gasteiger partial charge < -0.3 is 10.7 Å². The maximum absolute atomic E-state index is 12.1. The standard InChI is InChI=1S/C23H21N3OS/c1-16-15-18(28-22-9-4-3-8-20(22)23(27)25-2)11-12-19(16)21(24)13-10-17-7-5-6-14-26-17/h3-15,24H,1-2H3,(H,25,27)/b13-10+,24-21?. The van der Waals surface area contributed by atoms with Crippen LogP contribution in [0.15, 0.2) is 82.7 Å². The molecule has 1 amide bonds. The molecular weight excluding hydrogens is 366 g/mol. The van der Waals surface area contributed by atoms with Crippen LogP contribution < -0.4 is 5.32 Å². The number of carbonyl (C=O) groups excluding carboxylic acids is 1. The second-order valence-electron chi connectivity index (χ2n) is 6.16. The van der Waals surface area contributed by atoms with Crippen LogP contribution in [-0.4, -0.2) is 23.7 Å². The van der Waals surface area contributed by atoms with E-state index in [1.807, 2.05) is 73.7 Å². The number of benzene rings is 2. The molecule has 140 valence electrons. The summed E-state index contributed by atoms with van der Waals surface area (Å²) in [6, 6.07) is 19.2. The van der Waals surface area contributed by atoms with Crippen LogP contribution in [0.25, 0.3) is 6.08 Å². The number of rotatable bonds is 6. The van der Waals surface area contributed by atoms with Crippen molar-refractivity contribution in [1.82, 2.24) is 10.3 Å². The summed E-state index contributed by atoms with van der Waals surface area (Å²) in [4.78, 5) is 18.2. The molecule has 0 spiro atoms. The number of aryl methyl sites for hydroxylation is 1. The van der Waals surface area contributed by atoms with Crippen LogP contribution in [0.4, 0.5) is 0 Å². The molecule has 0 radical (unpaired) electrons. The van der Waals surface area contributed by atoms with E-state index >= 15 is 0 Å². The SMILES string of the molecule is CNC(=O)c1ccccc1Sc1ccc(C(=N)/C=C/c2ccccn2)c(C)c1. The zero-order chi connectivity index (χ0) is 19.9. The maximum Gasteiger partial charge on any atom is 0.252 e. The normalized spacial score (nSPS) is 10.8. The fraction of sp³-hybridized carbons (Fsp3) is 0.0870. The fourth-order valence-corrected chi connectivity index (χ4v) is 3.78. The molecule has 4 nitrogen and oxygen atoms in total. The number of amides is 1. The Morgan fingerprint density at radius 2 is 1.86 bits per heavy atom. The molecule has 2 aromatic carbocycles. The monoisotopic (exact) mass is 387 g/mol. The van der Waals surface area contributed by atoms with Crippen molar-refractivity contribution < 1.29 is 4.79 Å². The van der Waals surface area contributed by atoms with Crippen LogP contribution in [0.2, 0.25) is 0 Å². The summed E-state index contributed by atoms with van der Waals surface area (Å²) in [6.07, 6.45) is 5.33. The van der Waals surface area contributed by atoms with Crippen LogP contribution in [0.3, 0.4) is 0 Å². The molecular formula is C23H21N3OS. The first-order valence-corrected chi connectivity index (χ1v) is 9.68. The molecule has 28 heavy (non-hydrogen) atoms. The van der Waals surface area contributed by atoms with Gasteiger partial charge in [-0.3, -0.25) is 9.78 Å². The minimum absolute atomic E-state index is 0.0992. The first-order chi connectivity index (χ1) is 13.6. The first kappa shape index (κ1) is 19.6. The lowest BCUT2D eigenvalue weighted by Gasteiger charge is -2.10. The average molecular weight is 388 g/mol. The molecule has 3 rings (SSSR count).